The molecule has 0 radical (unpaired) electrons. The third kappa shape index (κ3) is 2.14. The monoisotopic (exact) mass is 286 g/mol. The molecule has 1 amide bonds. The van der Waals surface area contributed by atoms with Crippen molar-refractivity contribution < 1.29 is 13.9 Å². The molecule has 1 atom stereocenters. The fourth-order valence-corrected chi connectivity index (χ4v) is 2.65. The molecular weight excluding hydrogens is 271 g/mol. The van der Waals surface area contributed by atoms with Gasteiger partial charge >= 0.3 is 0 Å². The first kappa shape index (κ1) is 13.5. The summed E-state index contributed by atoms with van der Waals surface area (Å²) in [4.78, 5) is 16.6. The Labute approximate surface area is 122 Å². The van der Waals surface area contributed by atoms with Gasteiger partial charge in [0.1, 0.15) is 5.82 Å². The Hall–Kier alpha value is -2.43. The summed E-state index contributed by atoms with van der Waals surface area (Å²) in [6.45, 7) is 3.58. The van der Waals surface area contributed by atoms with Crippen molar-refractivity contribution in [1.82, 2.24) is 4.98 Å². The van der Waals surface area contributed by atoms with Crippen molar-refractivity contribution in [3.63, 3.8) is 0 Å². The minimum absolute atomic E-state index is 0.173. The first-order valence-electron chi connectivity index (χ1n) is 6.67. The van der Waals surface area contributed by atoms with E-state index in [9.17, 15) is 9.18 Å². The molecule has 1 aromatic heterocycles. The van der Waals surface area contributed by atoms with Crippen LogP contribution >= 0.6 is 0 Å². The van der Waals surface area contributed by atoms with Crippen LogP contribution in [0.1, 0.15) is 24.1 Å². The van der Waals surface area contributed by atoms with Gasteiger partial charge in [-0.1, -0.05) is 6.07 Å². The molecule has 108 valence electrons. The van der Waals surface area contributed by atoms with E-state index in [-0.39, 0.29) is 11.7 Å². The summed E-state index contributed by atoms with van der Waals surface area (Å²) in [5.41, 5.74) is 3.47. The van der Waals surface area contributed by atoms with E-state index in [1.165, 1.54) is 19.2 Å². The van der Waals surface area contributed by atoms with Crippen LogP contribution in [-0.2, 0) is 4.79 Å². The van der Waals surface area contributed by atoms with E-state index in [1.807, 2.05) is 6.92 Å². The maximum Gasteiger partial charge on any atom is 0.231 e. The van der Waals surface area contributed by atoms with Gasteiger partial charge in [0.2, 0.25) is 11.8 Å². The lowest BCUT2D eigenvalue weighted by Gasteiger charge is -2.14. The predicted molar refractivity (Wildman–Crippen MR) is 78.0 cm³/mol. The Bertz CT molecular complexity index is 743. The number of ether oxygens (including phenoxy) is 1. The number of carbonyl (C=O) groups is 1. The Morgan fingerprint density at radius 1 is 1.33 bits per heavy atom. The molecule has 1 unspecified atom stereocenters. The first-order chi connectivity index (χ1) is 10.0. The van der Waals surface area contributed by atoms with E-state index in [2.05, 4.69) is 10.3 Å². The van der Waals surface area contributed by atoms with Gasteiger partial charge in [-0.3, -0.25) is 4.79 Å². The lowest BCUT2D eigenvalue weighted by molar-refractivity contribution is -0.117. The summed E-state index contributed by atoms with van der Waals surface area (Å²) in [6.07, 6.45) is 0. The maximum absolute atomic E-state index is 13.6. The number of nitrogens with one attached hydrogen (secondary N) is 1. The van der Waals surface area contributed by atoms with Crippen LogP contribution < -0.4 is 10.1 Å². The molecule has 1 aliphatic rings. The molecule has 0 spiro atoms. The van der Waals surface area contributed by atoms with E-state index in [0.29, 0.717) is 22.7 Å². The number of amides is 1. The second kappa shape index (κ2) is 4.84. The van der Waals surface area contributed by atoms with Crippen LogP contribution in [-0.4, -0.2) is 18.0 Å². The second-order valence-corrected chi connectivity index (χ2v) is 5.14. The number of rotatable bonds is 1. The summed E-state index contributed by atoms with van der Waals surface area (Å²) in [7, 11) is 1.53. The zero-order valence-corrected chi connectivity index (χ0v) is 12.0. The molecule has 0 aliphatic carbocycles. The van der Waals surface area contributed by atoms with Gasteiger partial charge in [-0.15, -0.1) is 0 Å². The molecule has 0 fully saturated rings. The SMILES string of the molecule is COc1nc(C)cc2c1-c1ccc(F)cc1C(C)C(=O)N2. The summed E-state index contributed by atoms with van der Waals surface area (Å²) < 4.78 is 18.9. The Morgan fingerprint density at radius 2 is 2.10 bits per heavy atom. The van der Waals surface area contributed by atoms with Gasteiger partial charge in [-0.05, 0) is 43.2 Å². The van der Waals surface area contributed by atoms with E-state index in [4.69, 9.17) is 4.74 Å². The molecular formula is C16H15FN2O2. The van der Waals surface area contributed by atoms with Crippen molar-refractivity contribution in [3.8, 4) is 17.0 Å². The van der Waals surface area contributed by atoms with Crippen molar-refractivity contribution in [1.29, 1.82) is 0 Å². The number of methoxy groups -OCH3 is 1. The van der Waals surface area contributed by atoms with Gasteiger partial charge in [0, 0.05) is 5.69 Å². The number of aryl methyl sites for hydroxylation is 1. The zero-order valence-electron chi connectivity index (χ0n) is 12.0. The van der Waals surface area contributed by atoms with Gasteiger partial charge in [0.15, 0.2) is 0 Å². The zero-order chi connectivity index (χ0) is 15.1. The third-order valence-corrected chi connectivity index (χ3v) is 3.71. The number of hydrogen-bond donors (Lipinski definition) is 1. The highest BCUT2D eigenvalue weighted by atomic mass is 19.1. The smallest absolute Gasteiger partial charge is 0.231 e. The molecule has 1 N–H and O–H groups in total. The molecule has 3 rings (SSSR count). The molecule has 5 heteroatoms. The molecule has 0 saturated heterocycles. The number of nitrogens with zero attached hydrogens (tertiary/aromatic N) is 1. The molecule has 1 aromatic carbocycles. The fraction of sp³-hybridized carbons (Fsp3) is 0.250. The van der Waals surface area contributed by atoms with E-state index in [0.717, 1.165) is 11.3 Å². The number of hydrogen-bond acceptors (Lipinski definition) is 3. The lowest BCUT2D eigenvalue weighted by atomic mass is 9.92. The minimum atomic E-state index is -0.451. The standard InChI is InChI=1S/C16H15FN2O2/c1-8-6-13-14(16(18-8)21-3)11-5-4-10(17)7-12(11)9(2)15(20)19-13/h4-7,9H,1-3H3,(H,19,20). The topological polar surface area (TPSA) is 51.2 Å². The summed E-state index contributed by atoms with van der Waals surface area (Å²) >= 11 is 0. The van der Waals surface area contributed by atoms with Crippen molar-refractivity contribution in [2.75, 3.05) is 12.4 Å². The second-order valence-electron chi connectivity index (χ2n) is 5.14. The molecule has 0 bridgehead atoms. The predicted octanol–water partition coefficient (Wildman–Crippen LogP) is 3.26. The van der Waals surface area contributed by atoms with Crippen LogP contribution in [0.25, 0.3) is 11.1 Å². The number of carbonyl (C=O) groups excluding carboxylic acids is 1. The third-order valence-electron chi connectivity index (χ3n) is 3.71. The van der Waals surface area contributed by atoms with Crippen LogP contribution in [0.15, 0.2) is 24.3 Å². The normalized spacial score (nSPS) is 16.6. The molecule has 1 aliphatic heterocycles. The van der Waals surface area contributed by atoms with Crippen molar-refractivity contribution >= 4 is 11.6 Å². The van der Waals surface area contributed by atoms with Gasteiger partial charge in [0.25, 0.3) is 0 Å². The van der Waals surface area contributed by atoms with Crippen LogP contribution in [0.4, 0.5) is 10.1 Å². The molecule has 4 nitrogen and oxygen atoms in total. The van der Waals surface area contributed by atoms with Crippen LogP contribution in [0.2, 0.25) is 0 Å². The summed E-state index contributed by atoms with van der Waals surface area (Å²) in [5, 5.41) is 2.87. The molecule has 21 heavy (non-hydrogen) atoms. The van der Waals surface area contributed by atoms with Crippen molar-refractivity contribution in [2.24, 2.45) is 0 Å². The molecule has 2 heterocycles. The van der Waals surface area contributed by atoms with E-state index >= 15 is 0 Å². The van der Waals surface area contributed by atoms with Crippen LogP contribution in [0.3, 0.4) is 0 Å². The van der Waals surface area contributed by atoms with Gasteiger partial charge < -0.3 is 10.1 Å². The van der Waals surface area contributed by atoms with Gasteiger partial charge in [0.05, 0.1) is 24.3 Å². The number of pyridine rings is 1. The summed E-state index contributed by atoms with van der Waals surface area (Å²) in [6, 6.07) is 6.24. The highest BCUT2D eigenvalue weighted by Gasteiger charge is 2.28. The minimum Gasteiger partial charge on any atom is -0.480 e. The fourth-order valence-electron chi connectivity index (χ4n) is 2.65. The van der Waals surface area contributed by atoms with E-state index in [1.54, 1.807) is 19.1 Å². The highest BCUT2D eigenvalue weighted by Crippen LogP contribution is 2.43. The number of aromatic nitrogens is 1. The van der Waals surface area contributed by atoms with Gasteiger partial charge in [-0.25, -0.2) is 9.37 Å². The largest absolute Gasteiger partial charge is 0.480 e. The number of anilines is 1. The average Bonchev–Trinajstić information content (AvgIpc) is 2.55. The molecule has 0 saturated carbocycles. The quantitative estimate of drug-likeness (QED) is 0.875. The van der Waals surface area contributed by atoms with Crippen molar-refractivity contribution in [2.45, 2.75) is 19.8 Å². The molecule has 2 aromatic rings. The number of benzene rings is 1. The van der Waals surface area contributed by atoms with Crippen LogP contribution in [0, 0.1) is 12.7 Å². The Morgan fingerprint density at radius 3 is 2.81 bits per heavy atom. The number of fused-ring (bicyclic) bond motifs is 3. The van der Waals surface area contributed by atoms with Crippen molar-refractivity contribution in [3.05, 3.63) is 41.3 Å². The van der Waals surface area contributed by atoms with Crippen LogP contribution in [0.5, 0.6) is 5.88 Å². The highest BCUT2D eigenvalue weighted by molar-refractivity contribution is 6.04. The van der Waals surface area contributed by atoms with Gasteiger partial charge in [-0.2, -0.15) is 0 Å². The Balaban J connectivity index is 2.38. The summed E-state index contributed by atoms with van der Waals surface area (Å²) in [5.74, 6) is -0.565. The van der Waals surface area contributed by atoms with E-state index < -0.39 is 5.92 Å². The lowest BCUT2D eigenvalue weighted by Crippen LogP contribution is -2.17. The first-order valence-corrected chi connectivity index (χ1v) is 6.67. The average molecular weight is 286 g/mol. The number of halogens is 1. The Kier molecular flexibility index (Phi) is 3.12. The maximum atomic E-state index is 13.6.